The Morgan fingerprint density at radius 1 is 1.04 bits per heavy atom. The average molecular weight is 368 g/mol. The van der Waals surface area contributed by atoms with Crippen LogP contribution in [0.4, 0.5) is 5.69 Å². The highest BCUT2D eigenvalue weighted by atomic mass is 28.3. The number of hydrogen-bond donors (Lipinski definition) is 0. The standard InChI is InChI=1S/C23H33NOSi/c1-23(2,3)22(25-26(4)5)20-15-19-13-9-10-14-21(19)24(17-20)16-18-11-7-6-8-12-18/h6-14,20,22,26H,15-17H2,1-5H3/t20-,22+/m1/s1. The molecular weight excluding hydrogens is 334 g/mol. The van der Waals surface area contributed by atoms with Crippen molar-refractivity contribution in [3.63, 3.8) is 0 Å². The highest BCUT2D eigenvalue weighted by Gasteiger charge is 2.37. The summed E-state index contributed by atoms with van der Waals surface area (Å²) >= 11 is 0. The maximum atomic E-state index is 6.58. The van der Waals surface area contributed by atoms with Crippen LogP contribution in [0.2, 0.25) is 13.1 Å². The van der Waals surface area contributed by atoms with E-state index in [0.29, 0.717) is 12.0 Å². The molecule has 3 heteroatoms. The zero-order valence-electron chi connectivity index (χ0n) is 16.9. The van der Waals surface area contributed by atoms with Gasteiger partial charge in [0, 0.05) is 24.7 Å². The maximum Gasteiger partial charge on any atom is 0.171 e. The van der Waals surface area contributed by atoms with Crippen LogP contribution in [0.25, 0.3) is 0 Å². The quantitative estimate of drug-likeness (QED) is 0.667. The summed E-state index contributed by atoms with van der Waals surface area (Å²) < 4.78 is 6.58. The molecule has 0 spiro atoms. The number of anilines is 1. The molecule has 0 N–H and O–H groups in total. The van der Waals surface area contributed by atoms with Crippen LogP contribution >= 0.6 is 0 Å². The van der Waals surface area contributed by atoms with Crippen LogP contribution in [0.5, 0.6) is 0 Å². The van der Waals surface area contributed by atoms with Crippen molar-refractivity contribution in [2.75, 3.05) is 11.4 Å². The minimum atomic E-state index is -1.09. The number of fused-ring (bicyclic) bond motifs is 1. The number of hydrogen-bond acceptors (Lipinski definition) is 2. The first kappa shape index (κ1) is 19.2. The van der Waals surface area contributed by atoms with Crippen molar-refractivity contribution in [2.24, 2.45) is 11.3 Å². The molecule has 0 aliphatic carbocycles. The largest absolute Gasteiger partial charge is 0.417 e. The van der Waals surface area contributed by atoms with E-state index in [0.717, 1.165) is 19.5 Å². The van der Waals surface area contributed by atoms with Crippen molar-refractivity contribution in [2.45, 2.75) is 52.9 Å². The van der Waals surface area contributed by atoms with E-state index >= 15 is 0 Å². The van der Waals surface area contributed by atoms with Gasteiger partial charge in [-0.1, -0.05) is 69.3 Å². The molecule has 0 bridgehead atoms. The maximum absolute atomic E-state index is 6.58. The van der Waals surface area contributed by atoms with Gasteiger partial charge < -0.3 is 9.33 Å². The Morgan fingerprint density at radius 2 is 1.69 bits per heavy atom. The van der Waals surface area contributed by atoms with E-state index in [1.807, 2.05) is 0 Å². The third kappa shape index (κ3) is 4.57. The molecule has 3 rings (SSSR count). The van der Waals surface area contributed by atoms with E-state index in [4.69, 9.17) is 4.43 Å². The number of para-hydroxylation sites is 1. The van der Waals surface area contributed by atoms with E-state index in [1.165, 1.54) is 16.8 Å². The zero-order valence-corrected chi connectivity index (χ0v) is 18.1. The van der Waals surface area contributed by atoms with Gasteiger partial charge in [0.15, 0.2) is 9.04 Å². The highest BCUT2D eigenvalue weighted by Crippen LogP contribution is 2.38. The fourth-order valence-corrected chi connectivity index (χ4v) is 5.41. The van der Waals surface area contributed by atoms with Crippen molar-refractivity contribution >= 4 is 14.7 Å². The molecular formula is C23H33NOSi. The minimum absolute atomic E-state index is 0.159. The molecule has 26 heavy (non-hydrogen) atoms. The first-order chi connectivity index (χ1) is 12.3. The van der Waals surface area contributed by atoms with Gasteiger partial charge in [0.2, 0.25) is 0 Å². The molecule has 2 atom stereocenters. The van der Waals surface area contributed by atoms with Gasteiger partial charge in [-0.25, -0.2) is 0 Å². The topological polar surface area (TPSA) is 12.5 Å². The summed E-state index contributed by atoms with van der Waals surface area (Å²) in [6.45, 7) is 13.6. The van der Waals surface area contributed by atoms with Crippen LogP contribution in [0.3, 0.4) is 0 Å². The normalized spacial score (nSPS) is 18.7. The van der Waals surface area contributed by atoms with Crippen molar-refractivity contribution < 1.29 is 4.43 Å². The number of rotatable bonds is 5. The monoisotopic (exact) mass is 367 g/mol. The van der Waals surface area contributed by atoms with Crippen LogP contribution in [-0.4, -0.2) is 21.7 Å². The van der Waals surface area contributed by atoms with Gasteiger partial charge in [0.25, 0.3) is 0 Å². The van der Waals surface area contributed by atoms with Gasteiger partial charge in [0.05, 0.1) is 6.10 Å². The lowest BCUT2D eigenvalue weighted by Crippen LogP contribution is -2.47. The number of nitrogens with zero attached hydrogens (tertiary/aromatic N) is 1. The van der Waals surface area contributed by atoms with E-state index in [9.17, 15) is 0 Å². The summed E-state index contributed by atoms with van der Waals surface area (Å²) in [5, 5.41) is 0. The van der Waals surface area contributed by atoms with Gasteiger partial charge in [-0.15, -0.1) is 0 Å². The molecule has 2 nitrogen and oxygen atoms in total. The lowest BCUT2D eigenvalue weighted by Gasteiger charge is -2.44. The summed E-state index contributed by atoms with van der Waals surface area (Å²) in [4.78, 5) is 2.56. The van der Waals surface area contributed by atoms with Crippen molar-refractivity contribution in [3.05, 3.63) is 65.7 Å². The van der Waals surface area contributed by atoms with E-state index < -0.39 is 9.04 Å². The highest BCUT2D eigenvalue weighted by molar-refractivity contribution is 6.48. The Bertz CT molecular complexity index is 708. The van der Waals surface area contributed by atoms with Crippen molar-refractivity contribution in [3.8, 4) is 0 Å². The zero-order chi connectivity index (χ0) is 18.7. The second-order valence-corrected chi connectivity index (χ2v) is 11.3. The molecule has 1 aliphatic heterocycles. The first-order valence-corrected chi connectivity index (χ1v) is 12.6. The Kier molecular flexibility index (Phi) is 5.88. The summed E-state index contributed by atoms with van der Waals surface area (Å²) in [5.41, 5.74) is 4.38. The Balaban J connectivity index is 1.90. The van der Waals surface area contributed by atoms with Gasteiger partial charge >= 0.3 is 0 Å². The van der Waals surface area contributed by atoms with E-state index in [1.54, 1.807) is 0 Å². The first-order valence-electron chi connectivity index (χ1n) is 9.87. The molecule has 1 heterocycles. The Morgan fingerprint density at radius 3 is 2.35 bits per heavy atom. The summed E-state index contributed by atoms with van der Waals surface area (Å²) in [5.74, 6) is 0.531. The predicted octanol–water partition coefficient (Wildman–Crippen LogP) is 5.28. The van der Waals surface area contributed by atoms with E-state index in [2.05, 4.69) is 93.4 Å². The van der Waals surface area contributed by atoms with Crippen LogP contribution in [-0.2, 0) is 17.4 Å². The van der Waals surface area contributed by atoms with Gasteiger partial charge in [0.1, 0.15) is 0 Å². The van der Waals surface area contributed by atoms with Crippen molar-refractivity contribution in [1.82, 2.24) is 0 Å². The lowest BCUT2D eigenvalue weighted by atomic mass is 9.77. The van der Waals surface area contributed by atoms with Gasteiger partial charge in [-0.05, 0) is 42.1 Å². The molecule has 0 aromatic heterocycles. The number of benzene rings is 2. The SMILES string of the molecule is C[SiH](C)O[C@@H]([C@@H]1Cc2ccccc2N(Cc2ccccc2)C1)C(C)(C)C. The molecule has 0 radical (unpaired) electrons. The van der Waals surface area contributed by atoms with Crippen LogP contribution in [0, 0.1) is 11.3 Å². The molecule has 2 aromatic rings. The minimum Gasteiger partial charge on any atom is -0.417 e. The van der Waals surface area contributed by atoms with Gasteiger partial charge in [-0.2, -0.15) is 0 Å². The molecule has 140 valence electrons. The summed E-state index contributed by atoms with van der Waals surface area (Å²) in [7, 11) is -1.09. The predicted molar refractivity (Wildman–Crippen MR) is 114 cm³/mol. The molecule has 0 unspecified atom stereocenters. The van der Waals surface area contributed by atoms with Crippen molar-refractivity contribution in [1.29, 1.82) is 0 Å². The third-order valence-corrected chi connectivity index (χ3v) is 6.02. The smallest absolute Gasteiger partial charge is 0.171 e. The Hall–Kier alpha value is -1.58. The lowest BCUT2D eigenvalue weighted by molar-refractivity contribution is 0.0335. The summed E-state index contributed by atoms with van der Waals surface area (Å²) in [6.07, 6.45) is 1.42. The Labute approximate surface area is 160 Å². The fraction of sp³-hybridized carbons (Fsp3) is 0.478. The second-order valence-electron chi connectivity index (χ2n) is 8.93. The molecule has 2 aromatic carbocycles. The molecule has 0 amide bonds. The van der Waals surface area contributed by atoms with Crippen LogP contribution < -0.4 is 4.90 Å². The molecule has 1 aliphatic rings. The van der Waals surface area contributed by atoms with Gasteiger partial charge in [-0.3, -0.25) is 0 Å². The van der Waals surface area contributed by atoms with Crippen LogP contribution in [0.15, 0.2) is 54.6 Å². The van der Waals surface area contributed by atoms with E-state index in [-0.39, 0.29) is 5.41 Å². The molecule has 0 fully saturated rings. The molecule has 0 saturated heterocycles. The second kappa shape index (κ2) is 7.97. The third-order valence-electron chi connectivity index (χ3n) is 5.19. The summed E-state index contributed by atoms with van der Waals surface area (Å²) in [6, 6.07) is 19.7. The molecule has 0 saturated carbocycles. The van der Waals surface area contributed by atoms with Crippen LogP contribution in [0.1, 0.15) is 31.9 Å². The average Bonchev–Trinajstić information content (AvgIpc) is 2.59. The fourth-order valence-electron chi connectivity index (χ4n) is 4.19.